The smallest absolute Gasteiger partial charge is 0.262 e. The lowest BCUT2D eigenvalue weighted by Gasteiger charge is -2.63. The quantitative estimate of drug-likeness (QED) is 0.242. The fourth-order valence-electron chi connectivity index (χ4n) is 10.0. The maximum absolute atomic E-state index is 13.5. The van der Waals surface area contributed by atoms with Crippen molar-refractivity contribution in [3.63, 3.8) is 0 Å². The highest BCUT2D eigenvalue weighted by atomic mass is 35.5. The summed E-state index contributed by atoms with van der Waals surface area (Å²) in [5.41, 5.74) is 2.77. The molecule has 5 aliphatic rings. The predicted molar refractivity (Wildman–Crippen MR) is 220 cm³/mol. The third kappa shape index (κ3) is 7.53. The van der Waals surface area contributed by atoms with E-state index in [0.717, 1.165) is 61.7 Å². The third-order valence-electron chi connectivity index (χ3n) is 13.0. The highest BCUT2D eigenvalue weighted by Gasteiger charge is 2.64. The highest BCUT2D eigenvalue weighted by molar-refractivity contribution is 6.31. The van der Waals surface area contributed by atoms with E-state index in [1.54, 1.807) is 30.3 Å². The molecule has 3 saturated heterocycles. The average Bonchev–Trinajstić information content (AvgIpc) is 3.80. The molecule has 2 unspecified atom stereocenters. The van der Waals surface area contributed by atoms with Crippen molar-refractivity contribution < 1.29 is 33.4 Å². The van der Waals surface area contributed by atoms with Gasteiger partial charge in [0.2, 0.25) is 11.8 Å². The normalized spacial score (nSPS) is 25.0. The Kier molecular flexibility index (Phi) is 10.7. The topological polar surface area (TPSA) is 161 Å². The molecule has 8 rings (SSSR count). The van der Waals surface area contributed by atoms with Gasteiger partial charge in [0.15, 0.2) is 0 Å². The zero-order valence-corrected chi connectivity index (χ0v) is 34.5. The van der Waals surface area contributed by atoms with Crippen molar-refractivity contribution in [2.24, 2.45) is 16.7 Å². The van der Waals surface area contributed by atoms with E-state index in [2.05, 4.69) is 54.2 Å². The molecule has 1 aliphatic carbocycles. The first-order valence-corrected chi connectivity index (χ1v) is 20.8. The summed E-state index contributed by atoms with van der Waals surface area (Å²) in [6.45, 7) is 12.3. The van der Waals surface area contributed by atoms with Crippen molar-refractivity contribution in [2.45, 2.75) is 84.1 Å². The number of rotatable bonds is 10. The molecule has 0 radical (unpaired) electrons. The van der Waals surface area contributed by atoms with Crippen LogP contribution in [0.1, 0.15) is 96.4 Å². The van der Waals surface area contributed by atoms with Gasteiger partial charge in [0.05, 0.1) is 34.4 Å². The van der Waals surface area contributed by atoms with Gasteiger partial charge < -0.3 is 24.6 Å². The molecule has 13 nitrogen and oxygen atoms in total. The van der Waals surface area contributed by atoms with E-state index in [-0.39, 0.29) is 59.0 Å². The monoisotopic (exact) mass is 820 g/mol. The minimum absolute atomic E-state index is 0.0828. The molecule has 4 aliphatic heterocycles. The van der Waals surface area contributed by atoms with E-state index in [4.69, 9.17) is 21.1 Å². The van der Waals surface area contributed by atoms with Crippen LogP contribution in [0.2, 0.25) is 5.02 Å². The first kappa shape index (κ1) is 40.3. The van der Waals surface area contributed by atoms with Gasteiger partial charge in [-0.1, -0.05) is 39.3 Å². The molecule has 0 bridgehead atoms. The van der Waals surface area contributed by atoms with Gasteiger partial charge in [0.25, 0.3) is 17.7 Å². The summed E-state index contributed by atoms with van der Waals surface area (Å²) in [6, 6.07) is 19.1. The molecule has 14 heteroatoms. The summed E-state index contributed by atoms with van der Waals surface area (Å²) < 4.78 is 12.8. The van der Waals surface area contributed by atoms with Gasteiger partial charge in [-0.05, 0) is 80.3 Å². The van der Waals surface area contributed by atoms with Gasteiger partial charge in [0, 0.05) is 78.4 Å². The Hall–Kier alpha value is -5.45. The van der Waals surface area contributed by atoms with Gasteiger partial charge in [-0.3, -0.25) is 34.2 Å². The van der Waals surface area contributed by atoms with Gasteiger partial charge in [-0.15, -0.1) is 0 Å². The number of anilines is 2. The molecule has 4 fully saturated rings. The van der Waals surface area contributed by atoms with Crippen molar-refractivity contribution in [1.82, 2.24) is 15.5 Å². The summed E-state index contributed by atoms with van der Waals surface area (Å²) in [5.74, 6) is -1.17. The van der Waals surface area contributed by atoms with Crippen molar-refractivity contribution >= 4 is 52.5 Å². The standard InChI is InChI=1S/C45H49ClN6O7/c1-44(2)42(45(3,4)43(44)59-32-11-7-28(23-47)35(46)22-32)49-38(54)27-5-8-29(9-6-27)51-18-15-26(24-51)25-58-31-16-19-50(20-17-31)30-10-12-33-34(21-30)41(57)52(40(33)56)36-13-14-37(53)48-39(36)55/h5-12,21-22,26,31,36,42-43H,13-20,24-25H2,1-4H3,(H,49,54)(H,48,53,55). The lowest BCUT2D eigenvalue weighted by atomic mass is 9.49. The Balaban J connectivity index is 0.787. The Bertz CT molecular complexity index is 2230. The fourth-order valence-corrected chi connectivity index (χ4v) is 10.3. The Morgan fingerprint density at radius 1 is 0.864 bits per heavy atom. The van der Waals surface area contributed by atoms with Crippen LogP contribution in [0.15, 0.2) is 60.7 Å². The second kappa shape index (κ2) is 15.6. The molecule has 5 amide bonds. The summed E-state index contributed by atoms with van der Waals surface area (Å²) in [6.07, 6.45) is 2.83. The van der Waals surface area contributed by atoms with Gasteiger partial charge in [-0.25, -0.2) is 0 Å². The largest absolute Gasteiger partial charge is 0.489 e. The molecule has 3 aromatic rings. The number of amides is 5. The minimum Gasteiger partial charge on any atom is -0.489 e. The van der Waals surface area contributed by atoms with Crippen LogP contribution in [-0.2, 0) is 14.3 Å². The van der Waals surface area contributed by atoms with Gasteiger partial charge in [0.1, 0.15) is 24.0 Å². The summed E-state index contributed by atoms with van der Waals surface area (Å²) >= 11 is 6.25. The average molecular weight is 821 g/mol. The Morgan fingerprint density at radius 2 is 1.54 bits per heavy atom. The van der Waals surface area contributed by atoms with Crippen molar-refractivity contribution in [2.75, 3.05) is 42.6 Å². The number of nitrogens with zero attached hydrogens (tertiary/aromatic N) is 4. The summed E-state index contributed by atoms with van der Waals surface area (Å²) in [4.78, 5) is 69.5. The maximum Gasteiger partial charge on any atom is 0.262 e. The number of hydrogen-bond acceptors (Lipinski definition) is 10. The number of carbonyl (C=O) groups excluding carboxylic acids is 5. The number of piperidine rings is 2. The van der Waals surface area contributed by atoms with Gasteiger partial charge >= 0.3 is 0 Å². The number of nitriles is 1. The van der Waals surface area contributed by atoms with Crippen LogP contribution < -0.4 is 25.2 Å². The molecule has 0 aromatic heterocycles. The first-order valence-electron chi connectivity index (χ1n) is 20.4. The second-order valence-electron chi connectivity index (χ2n) is 17.6. The lowest BCUT2D eigenvalue weighted by Crippen LogP contribution is -2.74. The lowest BCUT2D eigenvalue weighted by molar-refractivity contribution is -0.164. The molecule has 59 heavy (non-hydrogen) atoms. The van der Waals surface area contributed by atoms with Crippen LogP contribution in [0.5, 0.6) is 5.75 Å². The number of imide groups is 2. The van der Waals surface area contributed by atoms with E-state index >= 15 is 0 Å². The SMILES string of the molecule is CC1(C)C(NC(=O)c2ccc(N3CCC(COC4CCN(c5ccc6c(c5)C(=O)N(C5CCC(=O)NC5=O)C6=O)CC4)C3)cc2)C(C)(C)C1Oc1ccc(C#N)c(Cl)c1. The number of ether oxygens (including phenoxy) is 2. The van der Waals surface area contributed by atoms with Gasteiger partial charge in [-0.2, -0.15) is 5.26 Å². The zero-order chi connectivity index (χ0) is 41.8. The Labute approximate surface area is 348 Å². The Morgan fingerprint density at radius 3 is 2.22 bits per heavy atom. The first-order chi connectivity index (χ1) is 28.1. The van der Waals surface area contributed by atoms with Crippen molar-refractivity contribution in [3.05, 3.63) is 87.9 Å². The van der Waals surface area contributed by atoms with Crippen LogP contribution in [0.4, 0.5) is 11.4 Å². The molecule has 3 aromatic carbocycles. The molecule has 1 saturated carbocycles. The molecule has 2 atom stereocenters. The molecular formula is C45H49ClN6O7. The van der Waals surface area contributed by atoms with Crippen LogP contribution >= 0.6 is 11.6 Å². The zero-order valence-electron chi connectivity index (χ0n) is 33.8. The van der Waals surface area contributed by atoms with Crippen LogP contribution in [0.25, 0.3) is 0 Å². The molecule has 2 N–H and O–H groups in total. The number of fused-ring (bicyclic) bond motifs is 1. The van der Waals surface area contributed by atoms with E-state index in [9.17, 15) is 29.2 Å². The number of halogens is 1. The van der Waals surface area contributed by atoms with Crippen molar-refractivity contribution in [3.8, 4) is 11.8 Å². The molecule has 308 valence electrons. The summed E-state index contributed by atoms with van der Waals surface area (Å²) in [5, 5.41) is 15.1. The molecular weight excluding hydrogens is 772 g/mol. The second-order valence-corrected chi connectivity index (χ2v) is 18.1. The van der Waals surface area contributed by atoms with E-state index in [0.29, 0.717) is 34.4 Å². The number of nitrogens with one attached hydrogen (secondary N) is 2. The third-order valence-corrected chi connectivity index (χ3v) is 13.3. The molecule has 0 spiro atoms. The van der Waals surface area contributed by atoms with Crippen molar-refractivity contribution in [1.29, 1.82) is 5.26 Å². The van der Waals surface area contributed by atoms with Crippen LogP contribution in [-0.4, -0.2) is 91.5 Å². The number of hydrogen-bond donors (Lipinski definition) is 2. The van der Waals surface area contributed by atoms with Crippen LogP contribution in [0.3, 0.4) is 0 Å². The fraction of sp³-hybridized carbons (Fsp3) is 0.467. The van der Waals surface area contributed by atoms with E-state index in [1.165, 1.54) is 0 Å². The minimum atomic E-state index is -0.985. The maximum atomic E-state index is 13.5. The van der Waals surface area contributed by atoms with E-state index < -0.39 is 29.7 Å². The summed E-state index contributed by atoms with van der Waals surface area (Å²) in [7, 11) is 0. The molecule has 4 heterocycles. The number of carbonyl (C=O) groups is 5. The predicted octanol–water partition coefficient (Wildman–Crippen LogP) is 5.74. The van der Waals surface area contributed by atoms with E-state index in [1.807, 2.05) is 30.3 Å². The highest BCUT2D eigenvalue weighted by Crippen LogP contribution is 2.55. The van der Waals surface area contributed by atoms with Crippen LogP contribution in [0, 0.1) is 28.1 Å². The number of benzene rings is 3.